The second-order valence-electron chi connectivity index (χ2n) is 12.7. The zero-order valence-electron chi connectivity index (χ0n) is 27.0. The molecule has 2 heterocycles. The van der Waals surface area contributed by atoms with Gasteiger partial charge >= 0.3 is 0 Å². The van der Waals surface area contributed by atoms with Crippen LogP contribution in [0.25, 0.3) is 71.9 Å². The zero-order valence-corrected chi connectivity index (χ0v) is 27.0. The molecule has 0 fully saturated rings. The molecule has 6 aromatic carbocycles. The molecule has 0 N–H and O–H groups in total. The van der Waals surface area contributed by atoms with E-state index in [0.29, 0.717) is 17.5 Å². The van der Waals surface area contributed by atoms with Crippen LogP contribution < -0.4 is 0 Å². The summed E-state index contributed by atoms with van der Waals surface area (Å²) in [7, 11) is 0. The monoisotopic (exact) mass is 628 g/mol. The van der Waals surface area contributed by atoms with Gasteiger partial charge in [-0.05, 0) is 45.3 Å². The number of nitrogens with zero attached hydrogens (tertiary/aromatic N) is 4. The average Bonchev–Trinajstić information content (AvgIpc) is 3.17. The minimum atomic E-state index is 0.102. The van der Waals surface area contributed by atoms with E-state index in [9.17, 15) is 0 Å². The van der Waals surface area contributed by atoms with Gasteiger partial charge in [-0.25, -0.2) is 15.0 Å². The van der Waals surface area contributed by atoms with Gasteiger partial charge in [-0.15, -0.1) is 0 Å². The number of rotatable bonds is 5. The lowest BCUT2D eigenvalue weighted by atomic mass is 9.82. The van der Waals surface area contributed by atoms with E-state index in [4.69, 9.17) is 19.9 Å². The Hall–Kier alpha value is -6.26. The van der Waals surface area contributed by atoms with Crippen LogP contribution in [0.4, 0.5) is 0 Å². The number of hydrogen-bond acceptors (Lipinski definition) is 4. The van der Waals surface area contributed by atoms with E-state index in [2.05, 4.69) is 134 Å². The molecule has 0 bridgehead atoms. The lowest BCUT2D eigenvalue weighted by molar-refractivity contribution is 0.628. The highest BCUT2D eigenvalue weighted by Crippen LogP contribution is 2.39. The number of hydrogen-bond donors (Lipinski definition) is 0. The third-order valence-electron chi connectivity index (χ3n) is 9.58. The van der Waals surface area contributed by atoms with Crippen molar-refractivity contribution in [1.82, 2.24) is 19.9 Å². The molecule has 0 saturated heterocycles. The fourth-order valence-corrected chi connectivity index (χ4v) is 7.03. The van der Waals surface area contributed by atoms with Crippen molar-refractivity contribution in [1.29, 1.82) is 0 Å². The molecular formula is C45H32N4. The van der Waals surface area contributed by atoms with Gasteiger partial charge in [0.25, 0.3) is 0 Å². The first kappa shape index (κ1) is 28.9. The van der Waals surface area contributed by atoms with Crippen molar-refractivity contribution in [2.45, 2.75) is 12.8 Å². The standard InChI is InChI=1S/C45H32N4/c1-29-26-36(24-25-37(29)42-39-19-11-10-18-38(39)40-27-34-16-8-9-17-35(34)28-41(40)46-42)45-48-43(32-14-6-3-7-15-32)47-44(49-45)33-22-20-31(21-23-33)30-12-4-2-5-13-30/h2-29,37H,1H3. The predicted molar refractivity (Wildman–Crippen MR) is 202 cm³/mol. The third kappa shape index (κ3) is 5.38. The van der Waals surface area contributed by atoms with Gasteiger partial charge < -0.3 is 0 Å². The summed E-state index contributed by atoms with van der Waals surface area (Å²) in [6.45, 7) is 2.26. The van der Waals surface area contributed by atoms with E-state index in [-0.39, 0.29) is 11.8 Å². The number of pyridine rings is 1. The SMILES string of the molecule is CC1C=C(c2nc(-c3ccccc3)nc(-c3ccc(-c4ccccc4)cc3)n2)C=CC1c1nc2cc3ccccc3cc2c2ccccc12. The van der Waals surface area contributed by atoms with Crippen LogP contribution in [0.1, 0.15) is 24.4 Å². The quantitative estimate of drug-likeness (QED) is 0.141. The van der Waals surface area contributed by atoms with Gasteiger partial charge in [0, 0.05) is 33.4 Å². The summed E-state index contributed by atoms with van der Waals surface area (Å²) >= 11 is 0. The Bertz CT molecular complexity index is 2550. The number of allylic oxidation sites excluding steroid dienone is 4. The van der Waals surface area contributed by atoms with E-state index in [1.807, 2.05) is 36.4 Å². The number of fused-ring (bicyclic) bond motifs is 4. The maximum Gasteiger partial charge on any atom is 0.164 e. The van der Waals surface area contributed by atoms with E-state index < -0.39 is 0 Å². The van der Waals surface area contributed by atoms with E-state index in [1.54, 1.807) is 0 Å². The maximum absolute atomic E-state index is 5.34. The topological polar surface area (TPSA) is 51.6 Å². The summed E-state index contributed by atoms with van der Waals surface area (Å²) in [5.74, 6) is 2.25. The summed E-state index contributed by atoms with van der Waals surface area (Å²) in [4.78, 5) is 20.4. The zero-order chi connectivity index (χ0) is 32.7. The number of benzene rings is 6. The molecule has 0 radical (unpaired) electrons. The Labute approximate surface area is 285 Å². The minimum absolute atomic E-state index is 0.102. The van der Waals surface area contributed by atoms with Crippen LogP contribution in [0.2, 0.25) is 0 Å². The Kier molecular flexibility index (Phi) is 7.13. The molecule has 0 spiro atoms. The van der Waals surface area contributed by atoms with Gasteiger partial charge in [-0.2, -0.15) is 0 Å². The van der Waals surface area contributed by atoms with E-state index >= 15 is 0 Å². The maximum atomic E-state index is 5.34. The second-order valence-corrected chi connectivity index (χ2v) is 12.7. The Morgan fingerprint density at radius 2 is 0.980 bits per heavy atom. The van der Waals surface area contributed by atoms with Crippen LogP contribution in [0, 0.1) is 5.92 Å². The van der Waals surface area contributed by atoms with Gasteiger partial charge in [0.2, 0.25) is 0 Å². The summed E-state index contributed by atoms with van der Waals surface area (Å²) < 4.78 is 0. The Morgan fingerprint density at radius 1 is 0.449 bits per heavy atom. The van der Waals surface area contributed by atoms with Crippen molar-refractivity contribution < 1.29 is 0 Å². The molecule has 2 atom stereocenters. The molecular weight excluding hydrogens is 597 g/mol. The lowest BCUT2D eigenvalue weighted by Crippen LogP contribution is -2.13. The first-order valence-electron chi connectivity index (χ1n) is 16.8. The molecule has 0 amide bonds. The van der Waals surface area contributed by atoms with Crippen LogP contribution in [0.5, 0.6) is 0 Å². The van der Waals surface area contributed by atoms with E-state index in [1.165, 1.54) is 32.5 Å². The van der Waals surface area contributed by atoms with Crippen molar-refractivity contribution in [2.75, 3.05) is 0 Å². The average molecular weight is 629 g/mol. The normalized spacial score (nSPS) is 15.9. The highest BCUT2D eigenvalue weighted by atomic mass is 15.0. The van der Waals surface area contributed by atoms with Crippen molar-refractivity contribution in [3.05, 3.63) is 175 Å². The summed E-state index contributed by atoms with van der Waals surface area (Å²) in [5.41, 5.74) is 7.35. The van der Waals surface area contributed by atoms with E-state index in [0.717, 1.165) is 33.5 Å². The molecule has 0 aliphatic heterocycles. The molecule has 4 heteroatoms. The van der Waals surface area contributed by atoms with Gasteiger partial charge in [-0.1, -0.05) is 159 Å². The van der Waals surface area contributed by atoms with Crippen molar-refractivity contribution in [2.24, 2.45) is 5.92 Å². The molecule has 2 aromatic heterocycles. The van der Waals surface area contributed by atoms with Gasteiger partial charge in [-0.3, -0.25) is 4.98 Å². The fraction of sp³-hybridized carbons (Fsp3) is 0.0667. The van der Waals surface area contributed by atoms with Gasteiger partial charge in [0.05, 0.1) is 11.2 Å². The van der Waals surface area contributed by atoms with Gasteiger partial charge in [0.1, 0.15) is 0 Å². The summed E-state index contributed by atoms with van der Waals surface area (Å²) in [5, 5.41) is 6.04. The van der Waals surface area contributed by atoms with Crippen molar-refractivity contribution in [3.63, 3.8) is 0 Å². The third-order valence-corrected chi connectivity index (χ3v) is 9.58. The van der Waals surface area contributed by atoms with Crippen LogP contribution in [0.15, 0.2) is 164 Å². The van der Waals surface area contributed by atoms with Crippen molar-refractivity contribution >= 4 is 38.0 Å². The summed E-state index contributed by atoms with van der Waals surface area (Å²) in [6, 6.07) is 50.7. The smallest absolute Gasteiger partial charge is 0.164 e. The molecule has 4 nitrogen and oxygen atoms in total. The molecule has 1 aliphatic carbocycles. The summed E-state index contributed by atoms with van der Waals surface area (Å²) in [6.07, 6.45) is 6.73. The highest BCUT2D eigenvalue weighted by molar-refractivity contribution is 6.11. The molecule has 0 saturated carbocycles. The molecule has 2 unspecified atom stereocenters. The van der Waals surface area contributed by atoms with Crippen LogP contribution in [-0.2, 0) is 0 Å². The first-order chi connectivity index (χ1) is 24.2. The lowest BCUT2D eigenvalue weighted by Gasteiger charge is -2.24. The highest BCUT2D eigenvalue weighted by Gasteiger charge is 2.25. The minimum Gasteiger partial charge on any atom is -0.251 e. The molecule has 8 aromatic rings. The Balaban J connectivity index is 1.11. The van der Waals surface area contributed by atoms with Crippen LogP contribution >= 0.6 is 0 Å². The van der Waals surface area contributed by atoms with Crippen LogP contribution in [0.3, 0.4) is 0 Å². The molecule has 49 heavy (non-hydrogen) atoms. The largest absolute Gasteiger partial charge is 0.251 e. The van der Waals surface area contributed by atoms with Crippen LogP contribution in [-0.4, -0.2) is 19.9 Å². The predicted octanol–water partition coefficient (Wildman–Crippen LogP) is 11.1. The first-order valence-corrected chi connectivity index (χ1v) is 16.8. The van der Waals surface area contributed by atoms with Gasteiger partial charge in [0.15, 0.2) is 17.5 Å². The molecule has 1 aliphatic rings. The number of aromatic nitrogens is 4. The molecule has 9 rings (SSSR count). The fourth-order valence-electron chi connectivity index (χ4n) is 7.03. The molecule has 232 valence electrons. The van der Waals surface area contributed by atoms with Crippen molar-refractivity contribution in [3.8, 4) is 33.9 Å². The second kappa shape index (κ2) is 12.1. The Morgan fingerprint density at radius 3 is 1.67 bits per heavy atom.